The van der Waals surface area contributed by atoms with Gasteiger partial charge in [0.2, 0.25) is 0 Å². The molecule has 0 amide bonds. The molecule has 0 unspecified atom stereocenters. The molecule has 2 rings (SSSR count). The van der Waals surface area contributed by atoms with Crippen molar-refractivity contribution in [3.8, 4) is 0 Å². The van der Waals surface area contributed by atoms with E-state index in [0.29, 0.717) is 16.6 Å². The van der Waals surface area contributed by atoms with Gasteiger partial charge in [0.05, 0.1) is 5.02 Å². The summed E-state index contributed by atoms with van der Waals surface area (Å²) in [6, 6.07) is 7.33. The van der Waals surface area contributed by atoms with Crippen LogP contribution in [0.15, 0.2) is 40.4 Å². The van der Waals surface area contributed by atoms with Crippen LogP contribution in [-0.4, -0.2) is 4.98 Å². The standard InChI is InChI=1S/C13H12Cl2N2S/c1-8-4-5-17-13(10(8)7-16)18-12-6-9(14)2-3-11(12)15/h2-6H,7,16H2,1H3. The number of halogens is 2. The second-order valence-electron chi connectivity index (χ2n) is 3.79. The highest BCUT2D eigenvalue weighted by molar-refractivity contribution is 7.99. The maximum atomic E-state index is 6.14. The van der Waals surface area contributed by atoms with Crippen molar-refractivity contribution in [1.82, 2.24) is 4.98 Å². The Bertz CT molecular complexity index is 573. The SMILES string of the molecule is Cc1ccnc(Sc2cc(Cl)ccc2Cl)c1CN. The lowest BCUT2D eigenvalue weighted by atomic mass is 10.2. The van der Waals surface area contributed by atoms with E-state index in [4.69, 9.17) is 28.9 Å². The Morgan fingerprint density at radius 2 is 2.06 bits per heavy atom. The zero-order valence-corrected chi connectivity index (χ0v) is 12.1. The van der Waals surface area contributed by atoms with Crippen molar-refractivity contribution in [2.45, 2.75) is 23.4 Å². The molecule has 0 radical (unpaired) electrons. The van der Waals surface area contributed by atoms with E-state index in [2.05, 4.69) is 4.98 Å². The number of aromatic nitrogens is 1. The molecule has 1 heterocycles. The van der Waals surface area contributed by atoms with Crippen LogP contribution < -0.4 is 5.73 Å². The van der Waals surface area contributed by atoms with E-state index in [1.54, 1.807) is 18.3 Å². The van der Waals surface area contributed by atoms with Crippen molar-refractivity contribution in [1.29, 1.82) is 0 Å². The van der Waals surface area contributed by atoms with Crippen LogP contribution in [0.4, 0.5) is 0 Å². The summed E-state index contributed by atoms with van der Waals surface area (Å²) >= 11 is 13.6. The van der Waals surface area contributed by atoms with Gasteiger partial charge in [-0.25, -0.2) is 4.98 Å². The average Bonchev–Trinajstić information content (AvgIpc) is 2.34. The van der Waals surface area contributed by atoms with Crippen molar-refractivity contribution in [2.24, 2.45) is 5.73 Å². The number of pyridine rings is 1. The summed E-state index contributed by atoms with van der Waals surface area (Å²) in [4.78, 5) is 5.24. The molecule has 0 bridgehead atoms. The number of hydrogen-bond donors (Lipinski definition) is 1. The fraction of sp³-hybridized carbons (Fsp3) is 0.154. The third kappa shape index (κ3) is 2.98. The quantitative estimate of drug-likeness (QED) is 0.918. The van der Waals surface area contributed by atoms with Gasteiger partial charge in [-0.05, 0) is 36.8 Å². The van der Waals surface area contributed by atoms with Crippen LogP contribution in [0.25, 0.3) is 0 Å². The normalized spacial score (nSPS) is 10.7. The third-order valence-corrected chi connectivity index (χ3v) is 4.33. The second-order valence-corrected chi connectivity index (χ2v) is 5.67. The first-order chi connectivity index (χ1) is 8.61. The molecule has 0 aliphatic rings. The Kier molecular flexibility index (Phi) is 4.51. The van der Waals surface area contributed by atoms with Gasteiger partial charge in [0.15, 0.2) is 0 Å². The molecular formula is C13H12Cl2N2S. The molecule has 0 aliphatic carbocycles. The highest BCUT2D eigenvalue weighted by Crippen LogP contribution is 2.36. The number of benzene rings is 1. The van der Waals surface area contributed by atoms with E-state index in [9.17, 15) is 0 Å². The summed E-state index contributed by atoms with van der Waals surface area (Å²) in [6.07, 6.45) is 1.77. The van der Waals surface area contributed by atoms with E-state index in [-0.39, 0.29) is 0 Å². The van der Waals surface area contributed by atoms with Crippen molar-refractivity contribution in [2.75, 3.05) is 0 Å². The van der Waals surface area contributed by atoms with Crippen LogP contribution in [0.5, 0.6) is 0 Å². The molecule has 2 aromatic rings. The monoisotopic (exact) mass is 298 g/mol. The van der Waals surface area contributed by atoms with Crippen LogP contribution in [0.2, 0.25) is 10.0 Å². The molecule has 5 heteroatoms. The van der Waals surface area contributed by atoms with E-state index in [1.165, 1.54) is 11.8 Å². The Labute approximate surface area is 121 Å². The zero-order chi connectivity index (χ0) is 13.1. The van der Waals surface area contributed by atoms with E-state index in [0.717, 1.165) is 21.0 Å². The van der Waals surface area contributed by atoms with Gasteiger partial charge in [-0.3, -0.25) is 0 Å². The number of nitrogens with two attached hydrogens (primary N) is 1. The van der Waals surface area contributed by atoms with Crippen molar-refractivity contribution < 1.29 is 0 Å². The van der Waals surface area contributed by atoms with Crippen molar-refractivity contribution in [3.05, 3.63) is 51.6 Å². The highest BCUT2D eigenvalue weighted by atomic mass is 35.5. The fourth-order valence-corrected chi connectivity index (χ4v) is 3.07. The molecule has 2 nitrogen and oxygen atoms in total. The second kappa shape index (κ2) is 5.93. The Balaban J connectivity index is 2.40. The maximum Gasteiger partial charge on any atom is 0.106 e. The van der Waals surface area contributed by atoms with Crippen molar-refractivity contribution >= 4 is 35.0 Å². The minimum atomic E-state index is 0.459. The molecule has 0 saturated carbocycles. The first kappa shape index (κ1) is 13.7. The molecule has 2 N–H and O–H groups in total. The first-order valence-corrected chi connectivity index (χ1v) is 6.96. The molecule has 1 aromatic carbocycles. The zero-order valence-electron chi connectivity index (χ0n) is 9.78. The van der Waals surface area contributed by atoms with Crippen LogP contribution in [0, 0.1) is 6.92 Å². The Hall–Kier alpha value is -0.740. The number of rotatable bonds is 3. The van der Waals surface area contributed by atoms with Gasteiger partial charge in [-0.15, -0.1) is 0 Å². The predicted octanol–water partition coefficient (Wildman–Crippen LogP) is 4.31. The first-order valence-electron chi connectivity index (χ1n) is 5.39. The van der Waals surface area contributed by atoms with Crippen LogP contribution >= 0.6 is 35.0 Å². The van der Waals surface area contributed by atoms with Gasteiger partial charge >= 0.3 is 0 Å². The molecule has 0 fully saturated rings. The summed E-state index contributed by atoms with van der Waals surface area (Å²) < 4.78 is 0. The average molecular weight is 299 g/mol. The minimum Gasteiger partial charge on any atom is -0.326 e. The summed E-state index contributed by atoms with van der Waals surface area (Å²) in [5.41, 5.74) is 7.93. The number of nitrogens with zero attached hydrogens (tertiary/aromatic N) is 1. The molecule has 94 valence electrons. The smallest absolute Gasteiger partial charge is 0.106 e. The molecule has 0 aliphatic heterocycles. The fourth-order valence-electron chi connectivity index (χ4n) is 1.56. The van der Waals surface area contributed by atoms with Gasteiger partial charge in [-0.1, -0.05) is 35.0 Å². The van der Waals surface area contributed by atoms with Gasteiger partial charge in [0.1, 0.15) is 5.03 Å². The summed E-state index contributed by atoms with van der Waals surface area (Å²) in [7, 11) is 0. The lowest BCUT2D eigenvalue weighted by Crippen LogP contribution is -2.02. The maximum absolute atomic E-state index is 6.14. The predicted molar refractivity (Wildman–Crippen MR) is 77.5 cm³/mol. The molecule has 0 spiro atoms. The minimum absolute atomic E-state index is 0.459. The van der Waals surface area contributed by atoms with Crippen LogP contribution in [0.3, 0.4) is 0 Å². The number of aryl methyl sites for hydroxylation is 1. The van der Waals surface area contributed by atoms with Gasteiger partial charge < -0.3 is 5.73 Å². The molecule has 0 saturated heterocycles. The highest BCUT2D eigenvalue weighted by Gasteiger charge is 2.10. The molecule has 18 heavy (non-hydrogen) atoms. The largest absolute Gasteiger partial charge is 0.326 e. The summed E-state index contributed by atoms with van der Waals surface area (Å²) in [5, 5.41) is 2.20. The van der Waals surface area contributed by atoms with Gasteiger partial charge in [0.25, 0.3) is 0 Å². The Morgan fingerprint density at radius 1 is 1.28 bits per heavy atom. The summed E-state index contributed by atoms with van der Waals surface area (Å²) in [6.45, 7) is 2.48. The Morgan fingerprint density at radius 3 is 2.78 bits per heavy atom. The number of hydrogen-bond acceptors (Lipinski definition) is 3. The van der Waals surface area contributed by atoms with Gasteiger partial charge in [0, 0.05) is 28.2 Å². The van der Waals surface area contributed by atoms with Gasteiger partial charge in [-0.2, -0.15) is 0 Å². The molecule has 0 atom stereocenters. The van der Waals surface area contributed by atoms with E-state index < -0.39 is 0 Å². The third-order valence-electron chi connectivity index (χ3n) is 2.55. The van der Waals surface area contributed by atoms with Crippen LogP contribution in [-0.2, 0) is 6.54 Å². The lowest BCUT2D eigenvalue weighted by molar-refractivity contribution is 0.943. The molecule has 1 aromatic heterocycles. The topological polar surface area (TPSA) is 38.9 Å². The van der Waals surface area contributed by atoms with E-state index in [1.807, 2.05) is 19.1 Å². The van der Waals surface area contributed by atoms with E-state index >= 15 is 0 Å². The molecular weight excluding hydrogens is 287 g/mol. The van der Waals surface area contributed by atoms with Crippen molar-refractivity contribution in [3.63, 3.8) is 0 Å². The summed E-state index contributed by atoms with van der Waals surface area (Å²) in [5.74, 6) is 0. The van der Waals surface area contributed by atoms with Crippen LogP contribution in [0.1, 0.15) is 11.1 Å². The lowest BCUT2D eigenvalue weighted by Gasteiger charge is -2.10.